The summed E-state index contributed by atoms with van der Waals surface area (Å²) < 4.78 is 28.0. The molecule has 0 radical (unpaired) electrons. The zero-order chi connectivity index (χ0) is 14.7. The second-order valence-corrected chi connectivity index (χ2v) is 5.96. The maximum atomic E-state index is 5.72. The summed E-state index contributed by atoms with van der Waals surface area (Å²) in [7, 11) is -3.01. The first-order valence-electron chi connectivity index (χ1n) is 7.00. The van der Waals surface area contributed by atoms with E-state index < -0.39 is 9.05 Å². The molecule has 0 aliphatic carbocycles. The second-order valence-electron chi connectivity index (χ2n) is 3.81. The monoisotopic (exact) mass is 300 g/mol. The minimum atomic E-state index is -3.01. The topological polar surface area (TPSA) is 46.2 Å². The van der Waals surface area contributed by atoms with E-state index in [0.717, 1.165) is 5.75 Å². The minimum absolute atomic E-state index is 0.362. The Hall–Kier alpha value is -0.923. The molecule has 114 valence electrons. The van der Waals surface area contributed by atoms with Gasteiger partial charge in [0, 0.05) is 19.8 Å². The molecule has 20 heavy (non-hydrogen) atoms. The van der Waals surface area contributed by atoms with Crippen LogP contribution in [0.2, 0.25) is 0 Å². The highest BCUT2D eigenvalue weighted by Gasteiger charge is 2.44. The van der Waals surface area contributed by atoms with Gasteiger partial charge in [0.1, 0.15) is 12.4 Å². The summed E-state index contributed by atoms with van der Waals surface area (Å²) in [6.07, 6.45) is 0. The summed E-state index contributed by atoms with van der Waals surface area (Å²) in [5.41, 5.74) is 0. The highest BCUT2D eigenvalue weighted by Crippen LogP contribution is 2.13. The van der Waals surface area contributed by atoms with Gasteiger partial charge in [0.15, 0.2) is 0 Å². The van der Waals surface area contributed by atoms with E-state index in [-0.39, 0.29) is 0 Å². The first kappa shape index (κ1) is 17.1. The lowest BCUT2D eigenvalue weighted by atomic mass is 10.3. The van der Waals surface area contributed by atoms with E-state index in [2.05, 4.69) is 0 Å². The molecule has 0 unspecified atom stereocenters. The van der Waals surface area contributed by atoms with Crippen molar-refractivity contribution >= 4 is 9.05 Å². The summed E-state index contributed by atoms with van der Waals surface area (Å²) in [5.74, 6) is 0.813. The quantitative estimate of drug-likeness (QED) is 0.464. The molecule has 1 aromatic carbocycles. The van der Waals surface area contributed by atoms with Gasteiger partial charge < -0.3 is 22.4 Å². The van der Waals surface area contributed by atoms with Crippen LogP contribution in [-0.4, -0.2) is 42.1 Å². The van der Waals surface area contributed by atoms with Crippen molar-refractivity contribution in [2.45, 2.75) is 20.8 Å². The predicted molar refractivity (Wildman–Crippen MR) is 78.5 cm³/mol. The molecular weight excluding hydrogens is 276 g/mol. The van der Waals surface area contributed by atoms with Crippen molar-refractivity contribution in [3.8, 4) is 5.75 Å². The SMILES string of the molecule is CCO[Si](OCC)(OCC)OCCOc1ccccc1. The summed E-state index contributed by atoms with van der Waals surface area (Å²) in [5, 5.41) is 0. The largest absolute Gasteiger partial charge is 0.679 e. The van der Waals surface area contributed by atoms with Gasteiger partial charge in [-0.2, -0.15) is 0 Å². The Balaban J connectivity index is 2.40. The molecule has 0 aromatic heterocycles. The molecule has 1 aromatic rings. The van der Waals surface area contributed by atoms with Crippen LogP contribution in [0.4, 0.5) is 0 Å². The Bertz CT molecular complexity index is 330. The Kier molecular flexibility index (Phi) is 8.48. The van der Waals surface area contributed by atoms with Gasteiger partial charge in [-0.25, -0.2) is 0 Å². The van der Waals surface area contributed by atoms with Crippen LogP contribution in [0, 0.1) is 0 Å². The first-order chi connectivity index (χ1) is 9.76. The summed E-state index contributed by atoms with van der Waals surface area (Å²) in [6, 6.07) is 9.60. The van der Waals surface area contributed by atoms with Crippen molar-refractivity contribution in [1.29, 1.82) is 0 Å². The minimum Gasteiger partial charge on any atom is -0.491 e. The second kappa shape index (κ2) is 9.90. The third-order valence-electron chi connectivity index (χ3n) is 2.34. The summed E-state index contributed by atoms with van der Waals surface area (Å²) in [6.45, 7) is 7.94. The van der Waals surface area contributed by atoms with Gasteiger partial charge in [-0.15, -0.1) is 0 Å². The van der Waals surface area contributed by atoms with E-state index in [0.29, 0.717) is 33.0 Å². The van der Waals surface area contributed by atoms with Crippen molar-refractivity contribution in [2.75, 3.05) is 33.0 Å². The number of hydrogen-bond donors (Lipinski definition) is 0. The molecule has 0 saturated heterocycles. The Morgan fingerprint density at radius 2 is 1.30 bits per heavy atom. The fourth-order valence-electron chi connectivity index (χ4n) is 1.62. The lowest BCUT2D eigenvalue weighted by Crippen LogP contribution is -2.50. The van der Waals surface area contributed by atoms with E-state index in [1.54, 1.807) is 0 Å². The number of rotatable bonds is 11. The van der Waals surface area contributed by atoms with Gasteiger partial charge in [0.05, 0.1) is 6.61 Å². The zero-order valence-corrected chi connectivity index (χ0v) is 13.5. The van der Waals surface area contributed by atoms with Gasteiger partial charge in [0.25, 0.3) is 0 Å². The fraction of sp³-hybridized carbons (Fsp3) is 0.571. The summed E-state index contributed by atoms with van der Waals surface area (Å²) in [4.78, 5) is 0. The van der Waals surface area contributed by atoms with Crippen molar-refractivity contribution in [3.63, 3.8) is 0 Å². The van der Waals surface area contributed by atoms with Crippen LogP contribution in [-0.2, 0) is 17.7 Å². The molecule has 1 rings (SSSR count). The lowest BCUT2D eigenvalue weighted by molar-refractivity contribution is -0.0320. The van der Waals surface area contributed by atoms with Crippen LogP contribution in [0.25, 0.3) is 0 Å². The molecule has 0 aliphatic rings. The Morgan fingerprint density at radius 3 is 1.80 bits per heavy atom. The normalized spacial score (nSPS) is 11.6. The van der Waals surface area contributed by atoms with Crippen LogP contribution < -0.4 is 4.74 Å². The molecule has 0 N–H and O–H groups in total. The van der Waals surface area contributed by atoms with Crippen LogP contribution in [0.5, 0.6) is 5.75 Å². The van der Waals surface area contributed by atoms with Gasteiger partial charge >= 0.3 is 9.05 Å². The van der Waals surface area contributed by atoms with Crippen LogP contribution in [0.3, 0.4) is 0 Å². The molecule has 0 amide bonds. The fourth-order valence-corrected chi connectivity index (χ4v) is 3.52. The highest BCUT2D eigenvalue weighted by molar-refractivity contribution is 6.53. The van der Waals surface area contributed by atoms with Crippen LogP contribution >= 0.6 is 0 Å². The predicted octanol–water partition coefficient (Wildman–Crippen LogP) is 2.63. The van der Waals surface area contributed by atoms with Gasteiger partial charge in [0.2, 0.25) is 0 Å². The first-order valence-corrected chi connectivity index (χ1v) is 8.63. The average Bonchev–Trinajstić information content (AvgIpc) is 2.46. The third kappa shape index (κ3) is 6.02. The number of benzene rings is 1. The molecule has 0 spiro atoms. The van der Waals surface area contributed by atoms with E-state index in [1.165, 1.54) is 0 Å². The number of ether oxygens (including phenoxy) is 1. The highest BCUT2D eigenvalue weighted by atomic mass is 28.4. The van der Waals surface area contributed by atoms with Crippen molar-refractivity contribution in [1.82, 2.24) is 0 Å². The molecule has 5 nitrogen and oxygen atoms in total. The zero-order valence-electron chi connectivity index (χ0n) is 12.5. The molecule has 0 fully saturated rings. The number of para-hydroxylation sites is 1. The van der Waals surface area contributed by atoms with Crippen molar-refractivity contribution in [3.05, 3.63) is 30.3 Å². The molecule has 0 heterocycles. The van der Waals surface area contributed by atoms with Gasteiger partial charge in [-0.1, -0.05) is 18.2 Å². The van der Waals surface area contributed by atoms with E-state index in [4.69, 9.17) is 22.4 Å². The third-order valence-corrected chi connectivity index (χ3v) is 4.82. The van der Waals surface area contributed by atoms with Crippen molar-refractivity contribution < 1.29 is 22.4 Å². The van der Waals surface area contributed by atoms with Gasteiger partial charge in [-0.3, -0.25) is 0 Å². The maximum Gasteiger partial charge on any atom is 0.679 e. The van der Waals surface area contributed by atoms with Crippen molar-refractivity contribution in [2.24, 2.45) is 0 Å². The Labute approximate surface area is 122 Å². The van der Waals surface area contributed by atoms with E-state index in [1.807, 2.05) is 51.1 Å². The smallest absolute Gasteiger partial charge is 0.491 e. The molecule has 0 aliphatic heterocycles. The lowest BCUT2D eigenvalue weighted by Gasteiger charge is -2.26. The van der Waals surface area contributed by atoms with Crippen LogP contribution in [0.15, 0.2) is 30.3 Å². The van der Waals surface area contributed by atoms with E-state index >= 15 is 0 Å². The van der Waals surface area contributed by atoms with Gasteiger partial charge in [-0.05, 0) is 32.9 Å². The Morgan fingerprint density at radius 1 is 0.750 bits per heavy atom. The summed E-state index contributed by atoms with van der Waals surface area (Å²) >= 11 is 0. The molecular formula is C14H24O5Si. The molecule has 0 atom stereocenters. The molecule has 6 heteroatoms. The molecule has 0 saturated carbocycles. The standard InChI is InChI=1S/C14H24O5Si/c1-4-16-20(17-5-2,18-6-3)19-13-12-15-14-10-8-7-9-11-14/h7-11H,4-6,12-13H2,1-3H3. The van der Waals surface area contributed by atoms with E-state index in [9.17, 15) is 0 Å². The average molecular weight is 300 g/mol. The van der Waals surface area contributed by atoms with Crippen LogP contribution in [0.1, 0.15) is 20.8 Å². The molecule has 0 bridgehead atoms. The number of hydrogen-bond acceptors (Lipinski definition) is 5. The maximum absolute atomic E-state index is 5.72.